The van der Waals surface area contributed by atoms with Gasteiger partial charge < -0.3 is 20.9 Å². The number of pyridine rings is 1. The maximum atomic E-state index is 12.2. The van der Waals surface area contributed by atoms with Crippen molar-refractivity contribution in [1.29, 1.82) is 0 Å². The van der Waals surface area contributed by atoms with Gasteiger partial charge in [-0.3, -0.25) is 0 Å². The lowest BCUT2D eigenvalue weighted by Gasteiger charge is -2.13. The molecule has 1 aromatic rings. The van der Waals surface area contributed by atoms with Crippen molar-refractivity contribution in [2.45, 2.75) is 19.8 Å². The number of carbonyl (C=O) groups is 1. The van der Waals surface area contributed by atoms with Crippen LogP contribution < -0.4 is 16.2 Å². The first kappa shape index (κ1) is 15.0. The number of rotatable bonds is 4. The molecule has 1 heterocycles. The lowest BCUT2D eigenvalue weighted by atomic mass is 10.2. The van der Waals surface area contributed by atoms with E-state index in [1.165, 1.54) is 6.92 Å². The van der Waals surface area contributed by atoms with Crippen LogP contribution in [0, 0.1) is 0 Å². The number of ether oxygens (including phenoxy) is 2. The van der Waals surface area contributed by atoms with E-state index in [1.807, 2.05) is 0 Å². The van der Waals surface area contributed by atoms with Crippen LogP contribution in [-0.4, -0.2) is 23.9 Å². The predicted molar refractivity (Wildman–Crippen MR) is 59.2 cm³/mol. The maximum Gasteiger partial charge on any atom is 0.574 e. The third kappa shape index (κ3) is 3.98. The Morgan fingerprint density at radius 1 is 1.47 bits per heavy atom. The zero-order valence-electron chi connectivity index (χ0n) is 9.95. The van der Waals surface area contributed by atoms with Crippen LogP contribution in [0.2, 0.25) is 0 Å². The summed E-state index contributed by atoms with van der Waals surface area (Å²) in [7, 11) is 0. The summed E-state index contributed by atoms with van der Waals surface area (Å²) >= 11 is 0. The first-order valence-corrected chi connectivity index (χ1v) is 5.20. The van der Waals surface area contributed by atoms with Gasteiger partial charge in [-0.15, -0.1) is 13.2 Å². The van der Waals surface area contributed by atoms with E-state index >= 15 is 0 Å². The Morgan fingerprint density at radius 3 is 2.58 bits per heavy atom. The minimum absolute atomic E-state index is 0.0358. The number of hydrogen-bond donors (Lipinski definition) is 2. The van der Waals surface area contributed by atoms with Gasteiger partial charge in [-0.25, -0.2) is 9.78 Å². The molecule has 0 atom stereocenters. The second-order valence-electron chi connectivity index (χ2n) is 3.36. The van der Waals surface area contributed by atoms with Crippen molar-refractivity contribution in [2.24, 2.45) is 5.73 Å². The van der Waals surface area contributed by atoms with Crippen molar-refractivity contribution >= 4 is 11.7 Å². The van der Waals surface area contributed by atoms with Crippen molar-refractivity contribution in [1.82, 2.24) is 4.98 Å². The van der Waals surface area contributed by atoms with Crippen molar-refractivity contribution in [3.63, 3.8) is 0 Å². The summed E-state index contributed by atoms with van der Waals surface area (Å²) in [6, 6.07) is 1.10. The lowest BCUT2D eigenvalue weighted by molar-refractivity contribution is -0.276. The van der Waals surface area contributed by atoms with Crippen LogP contribution in [0.25, 0.3) is 0 Å². The molecule has 19 heavy (non-hydrogen) atoms. The molecule has 0 aliphatic rings. The fourth-order valence-corrected chi connectivity index (χ4v) is 1.26. The number of nitrogens with two attached hydrogens (primary N) is 2. The standard InChI is InChI=1S/C10H12F3N3O3/c1-2-18-9(17)7-6(15)3-5(4-14)8(16-7)19-10(11,12)13/h3H,2,4,14-15H2,1H3. The quantitative estimate of drug-likeness (QED) is 0.803. The first-order valence-electron chi connectivity index (χ1n) is 5.20. The predicted octanol–water partition coefficient (Wildman–Crippen LogP) is 1.20. The van der Waals surface area contributed by atoms with E-state index in [4.69, 9.17) is 11.5 Å². The summed E-state index contributed by atoms with van der Waals surface area (Å²) in [6.45, 7) is 1.30. The number of carbonyl (C=O) groups excluding carboxylic acids is 1. The van der Waals surface area contributed by atoms with Crippen LogP contribution >= 0.6 is 0 Å². The van der Waals surface area contributed by atoms with Crippen LogP contribution in [0.15, 0.2) is 6.07 Å². The number of nitrogen functional groups attached to an aromatic ring is 1. The lowest BCUT2D eigenvalue weighted by Crippen LogP contribution is -2.21. The van der Waals surface area contributed by atoms with Crippen LogP contribution in [-0.2, 0) is 11.3 Å². The molecule has 106 valence electrons. The van der Waals surface area contributed by atoms with Crippen LogP contribution in [0.1, 0.15) is 23.0 Å². The molecule has 0 aliphatic carbocycles. The molecule has 0 saturated heterocycles. The summed E-state index contributed by atoms with van der Waals surface area (Å²) in [6.07, 6.45) is -4.95. The fourth-order valence-electron chi connectivity index (χ4n) is 1.26. The van der Waals surface area contributed by atoms with Crippen molar-refractivity contribution < 1.29 is 27.4 Å². The number of alkyl halides is 3. The molecule has 0 spiro atoms. The number of halogens is 3. The first-order chi connectivity index (χ1) is 8.78. The van der Waals surface area contributed by atoms with Gasteiger partial charge in [0.25, 0.3) is 0 Å². The summed E-state index contributed by atoms with van der Waals surface area (Å²) in [5.41, 5.74) is 10.1. The van der Waals surface area contributed by atoms with Gasteiger partial charge in [-0.1, -0.05) is 0 Å². The van der Waals surface area contributed by atoms with Gasteiger partial charge in [0.2, 0.25) is 5.88 Å². The molecule has 0 saturated carbocycles. The van der Waals surface area contributed by atoms with E-state index in [0.717, 1.165) is 6.07 Å². The maximum absolute atomic E-state index is 12.2. The van der Waals surface area contributed by atoms with E-state index < -0.39 is 23.9 Å². The zero-order valence-corrected chi connectivity index (χ0v) is 9.95. The zero-order chi connectivity index (χ0) is 14.6. The van der Waals surface area contributed by atoms with Gasteiger partial charge in [0.1, 0.15) is 0 Å². The topological polar surface area (TPSA) is 100 Å². The second-order valence-corrected chi connectivity index (χ2v) is 3.36. The van der Waals surface area contributed by atoms with Crippen molar-refractivity contribution in [2.75, 3.05) is 12.3 Å². The molecule has 0 aliphatic heterocycles. The van der Waals surface area contributed by atoms with Crippen LogP contribution in [0.3, 0.4) is 0 Å². The summed E-state index contributed by atoms with van der Waals surface area (Å²) in [5.74, 6) is -1.75. The molecule has 6 nitrogen and oxygen atoms in total. The van der Waals surface area contributed by atoms with Gasteiger partial charge in [-0.2, -0.15) is 0 Å². The molecule has 1 rings (SSSR count). The third-order valence-corrected chi connectivity index (χ3v) is 1.99. The highest BCUT2D eigenvalue weighted by Crippen LogP contribution is 2.27. The van der Waals surface area contributed by atoms with Gasteiger partial charge in [0, 0.05) is 12.1 Å². The van der Waals surface area contributed by atoms with E-state index in [0.29, 0.717) is 0 Å². The Morgan fingerprint density at radius 2 is 2.11 bits per heavy atom. The normalized spacial score (nSPS) is 11.2. The van der Waals surface area contributed by atoms with Gasteiger partial charge in [-0.05, 0) is 13.0 Å². The van der Waals surface area contributed by atoms with Gasteiger partial charge in [0.15, 0.2) is 5.69 Å². The molecule has 0 amide bonds. The minimum atomic E-state index is -4.95. The summed E-state index contributed by atoms with van der Waals surface area (Å²) in [5, 5.41) is 0. The minimum Gasteiger partial charge on any atom is -0.461 e. The van der Waals surface area contributed by atoms with E-state index in [9.17, 15) is 18.0 Å². The number of nitrogens with zero attached hydrogens (tertiary/aromatic N) is 1. The number of esters is 1. The molecule has 1 aromatic heterocycles. The van der Waals surface area contributed by atoms with Crippen LogP contribution in [0.5, 0.6) is 5.88 Å². The highest BCUT2D eigenvalue weighted by atomic mass is 19.4. The molecule has 0 fully saturated rings. The SMILES string of the molecule is CCOC(=O)c1nc(OC(F)(F)F)c(CN)cc1N. The van der Waals surface area contributed by atoms with Crippen molar-refractivity contribution in [3.8, 4) is 5.88 Å². The molecule has 9 heteroatoms. The molecule has 0 bridgehead atoms. The average molecular weight is 279 g/mol. The molecular weight excluding hydrogens is 267 g/mol. The van der Waals surface area contributed by atoms with E-state index in [1.54, 1.807) is 0 Å². The highest BCUT2D eigenvalue weighted by Gasteiger charge is 2.33. The molecular formula is C10H12F3N3O3. The monoisotopic (exact) mass is 279 g/mol. The molecule has 0 aromatic carbocycles. The summed E-state index contributed by atoms with van der Waals surface area (Å²) < 4.78 is 44.9. The third-order valence-electron chi connectivity index (χ3n) is 1.99. The smallest absolute Gasteiger partial charge is 0.461 e. The average Bonchev–Trinajstić information content (AvgIpc) is 2.29. The Bertz CT molecular complexity index is 477. The summed E-state index contributed by atoms with van der Waals surface area (Å²) in [4.78, 5) is 14.9. The highest BCUT2D eigenvalue weighted by molar-refractivity contribution is 5.93. The van der Waals surface area contributed by atoms with Gasteiger partial charge >= 0.3 is 12.3 Å². The fraction of sp³-hybridized carbons (Fsp3) is 0.400. The Hall–Kier alpha value is -2.03. The number of anilines is 1. The number of aromatic nitrogens is 1. The second kappa shape index (κ2) is 5.74. The van der Waals surface area contributed by atoms with Gasteiger partial charge in [0.05, 0.1) is 12.3 Å². The van der Waals surface area contributed by atoms with E-state index in [-0.39, 0.29) is 24.4 Å². The largest absolute Gasteiger partial charge is 0.574 e. The Kier molecular flexibility index (Phi) is 4.54. The van der Waals surface area contributed by atoms with E-state index in [2.05, 4.69) is 14.5 Å². The van der Waals surface area contributed by atoms with Crippen LogP contribution in [0.4, 0.5) is 18.9 Å². The number of hydrogen-bond acceptors (Lipinski definition) is 6. The van der Waals surface area contributed by atoms with Crippen molar-refractivity contribution in [3.05, 3.63) is 17.3 Å². The molecule has 0 radical (unpaired) electrons. The molecule has 0 unspecified atom stereocenters. The Balaban J connectivity index is 3.21. The molecule has 4 N–H and O–H groups in total. The Labute approximate surface area is 106 Å².